The number of para-hydroxylation sites is 1. The lowest BCUT2D eigenvalue weighted by atomic mass is 9.86. The number of amides is 4. The number of benzene rings is 1. The number of ether oxygens (including phenoxy) is 1. The second-order valence-corrected chi connectivity index (χ2v) is 7.15. The van der Waals surface area contributed by atoms with E-state index in [9.17, 15) is 19.5 Å². The van der Waals surface area contributed by atoms with Gasteiger partial charge in [-0.2, -0.15) is 0 Å². The van der Waals surface area contributed by atoms with E-state index < -0.39 is 17.6 Å². The first-order valence-corrected chi connectivity index (χ1v) is 8.99. The van der Waals surface area contributed by atoms with Crippen LogP contribution in [0.5, 0.6) is 5.75 Å². The van der Waals surface area contributed by atoms with Gasteiger partial charge in [-0.3, -0.25) is 14.5 Å². The molecule has 2 heterocycles. The highest BCUT2D eigenvalue weighted by Crippen LogP contribution is 2.35. The van der Waals surface area contributed by atoms with E-state index in [1.54, 1.807) is 13.1 Å². The number of carbonyl (C=O) groups excluding carboxylic acids is 3. The summed E-state index contributed by atoms with van der Waals surface area (Å²) in [6, 6.07) is 7.06. The molecule has 27 heavy (non-hydrogen) atoms. The normalized spacial score (nSPS) is 20.4. The van der Waals surface area contributed by atoms with Crippen LogP contribution in [-0.4, -0.2) is 83.1 Å². The molecule has 0 bridgehead atoms. The van der Waals surface area contributed by atoms with E-state index >= 15 is 0 Å². The van der Waals surface area contributed by atoms with Crippen molar-refractivity contribution in [3.8, 4) is 5.75 Å². The second kappa shape index (κ2) is 7.19. The molecular weight excluding hydrogens is 350 g/mol. The van der Waals surface area contributed by atoms with Gasteiger partial charge in [0.2, 0.25) is 0 Å². The Bertz CT molecular complexity index is 757. The van der Waals surface area contributed by atoms with Gasteiger partial charge in [0.05, 0.1) is 0 Å². The Morgan fingerprint density at radius 1 is 1.22 bits per heavy atom. The standard InChI is InChI=1S/C19H25N3O5/c1-13-6-4-5-7-15(13)27-12-14(23)16(24)22-10-8-19(9-11-22)17(25)20(2)18(26)21(19)3/h4-7,14,23H,8-12H2,1-3H3/t14-/m1/s1. The molecule has 1 atom stereocenters. The highest BCUT2D eigenvalue weighted by molar-refractivity contribution is 6.06. The van der Waals surface area contributed by atoms with Crippen molar-refractivity contribution in [3.63, 3.8) is 0 Å². The molecule has 8 heteroatoms. The maximum absolute atomic E-state index is 12.5. The van der Waals surface area contributed by atoms with Crippen LogP contribution in [0.15, 0.2) is 24.3 Å². The minimum atomic E-state index is -1.28. The number of aliphatic hydroxyl groups excluding tert-OH is 1. The van der Waals surface area contributed by atoms with Crippen LogP contribution in [-0.2, 0) is 9.59 Å². The molecule has 8 nitrogen and oxygen atoms in total. The van der Waals surface area contributed by atoms with Crippen LogP contribution >= 0.6 is 0 Å². The quantitative estimate of drug-likeness (QED) is 0.779. The molecule has 2 aliphatic heterocycles. The number of aliphatic hydroxyl groups is 1. The van der Waals surface area contributed by atoms with Crippen LogP contribution in [0.25, 0.3) is 0 Å². The summed E-state index contributed by atoms with van der Waals surface area (Å²) in [6.07, 6.45) is -0.564. The average Bonchev–Trinajstić information content (AvgIpc) is 2.83. The van der Waals surface area contributed by atoms with Gasteiger partial charge in [0, 0.05) is 27.2 Å². The van der Waals surface area contributed by atoms with E-state index in [2.05, 4.69) is 0 Å². The number of urea groups is 1. The Morgan fingerprint density at radius 3 is 2.41 bits per heavy atom. The lowest BCUT2D eigenvalue weighted by Crippen LogP contribution is -2.57. The van der Waals surface area contributed by atoms with Gasteiger partial charge in [0.15, 0.2) is 6.10 Å². The van der Waals surface area contributed by atoms with Crippen molar-refractivity contribution in [1.82, 2.24) is 14.7 Å². The highest BCUT2D eigenvalue weighted by Gasteiger charge is 2.55. The molecule has 2 aliphatic rings. The van der Waals surface area contributed by atoms with Crippen molar-refractivity contribution in [2.45, 2.75) is 31.4 Å². The van der Waals surface area contributed by atoms with Crippen LogP contribution < -0.4 is 4.74 Å². The summed E-state index contributed by atoms with van der Waals surface area (Å²) in [4.78, 5) is 41.2. The number of hydrogen-bond acceptors (Lipinski definition) is 5. The first kappa shape index (κ1) is 19.2. The van der Waals surface area contributed by atoms with Crippen LogP contribution in [0.3, 0.4) is 0 Å². The number of rotatable bonds is 4. The summed E-state index contributed by atoms with van der Waals surface area (Å²) < 4.78 is 5.55. The molecular formula is C19H25N3O5. The number of piperidine rings is 1. The number of aryl methyl sites for hydroxylation is 1. The first-order chi connectivity index (χ1) is 12.8. The minimum Gasteiger partial charge on any atom is -0.490 e. The molecule has 1 aromatic carbocycles. The summed E-state index contributed by atoms with van der Waals surface area (Å²) in [5.74, 6) is -0.0292. The molecule has 2 fully saturated rings. The van der Waals surface area contributed by atoms with Gasteiger partial charge in [0.1, 0.15) is 17.9 Å². The molecule has 0 saturated carbocycles. The van der Waals surface area contributed by atoms with E-state index in [0.29, 0.717) is 31.7 Å². The van der Waals surface area contributed by atoms with Crippen molar-refractivity contribution < 1.29 is 24.2 Å². The van der Waals surface area contributed by atoms with Gasteiger partial charge in [-0.15, -0.1) is 0 Å². The number of hydrogen-bond donors (Lipinski definition) is 1. The molecule has 0 radical (unpaired) electrons. The van der Waals surface area contributed by atoms with Crippen molar-refractivity contribution >= 4 is 17.8 Å². The predicted octanol–water partition coefficient (Wildman–Crippen LogP) is 0.620. The zero-order valence-electron chi connectivity index (χ0n) is 15.8. The number of likely N-dealkylation sites (tertiary alicyclic amines) is 1. The highest BCUT2D eigenvalue weighted by atomic mass is 16.5. The van der Waals surface area contributed by atoms with Crippen molar-refractivity contribution in [3.05, 3.63) is 29.8 Å². The molecule has 1 N–H and O–H groups in total. The second-order valence-electron chi connectivity index (χ2n) is 7.15. The molecule has 0 aliphatic carbocycles. The summed E-state index contributed by atoms with van der Waals surface area (Å²) in [5, 5.41) is 10.2. The lowest BCUT2D eigenvalue weighted by molar-refractivity contribution is -0.146. The maximum atomic E-state index is 12.5. The monoisotopic (exact) mass is 375 g/mol. The van der Waals surface area contributed by atoms with Crippen LogP contribution in [0.4, 0.5) is 4.79 Å². The zero-order valence-corrected chi connectivity index (χ0v) is 15.8. The third-order valence-electron chi connectivity index (χ3n) is 5.60. The molecule has 2 saturated heterocycles. The first-order valence-electron chi connectivity index (χ1n) is 8.99. The summed E-state index contributed by atoms with van der Waals surface area (Å²) >= 11 is 0. The van der Waals surface area contributed by atoms with Gasteiger partial charge in [-0.25, -0.2) is 4.79 Å². The average molecular weight is 375 g/mol. The summed E-state index contributed by atoms with van der Waals surface area (Å²) in [6.45, 7) is 2.36. The number of imide groups is 1. The van der Waals surface area contributed by atoms with Crippen molar-refractivity contribution in [1.29, 1.82) is 0 Å². The summed E-state index contributed by atoms with van der Waals surface area (Å²) in [7, 11) is 3.09. The third kappa shape index (κ3) is 3.25. The van der Waals surface area contributed by atoms with Gasteiger partial charge >= 0.3 is 6.03 Å². The largest absolute Gasteiger partial charge is 0.490 e. The molecule has 1 aromatic rings. The zero-order chi connectivity index (χ0) is 19.8. The third-order valence-corrected chi connectivity index (χ3v) is 5.60. The molecule has 4 amide bonds. The SMILES string of the molecule is Cc1ccccc1OC[C@@H](O)C(=O)N1CCC2(CC1)C(=O)N(C)C(=O)N2C. The minimum absolute atomic E-state index is 0.134. The fourth-order valence-electron chi connectivity index (χ4n) is 3.77. The molecule has 3 rings (SSSR count). The molecule has 146 valence electrons. The van der Waals surface area contributed by atoms with Crippen LogP contribution in [0.1, 0.15) is 18.4 Å². The Morgan fingerprint density at radius 2 is 1.85 bits per heavy atom. The number of likely N-dealkylation sites (N-methyl/N-ethyl adjacent to an activating group) is 2. The molecule has 1 spiro atoms. The summed E-state index contributed by atoms with van der Waals surface area (Å²) in [5.41, 5.74) is 0.0409. The maximum Gasteiger partial charge on any atom is 0.327 e. The lowest BCUT2D eigenvalue weighted by Gasteiger charge is -2.41. The predicted molar refractivity (Wildman–Crippen MR) is 97.2 cm³/mol. The van der Waals surface area contributed by atoms with E-state index in [0.717, 1.165) is 10.5 Å². The molecule has 0 unspecified atom stereocenters. The van der Waals surface area contributed by atoms with Crippen molar-refractivity contribution in [2.75, 3.05) is 33.8 Å². The van der Waals surface area contributed by atoms with E-state index in [4.69, 9.17) is 4.74 Å². The van der Waals surface area contributed by atoms with E-state index in [1.165, 1.54) is 16.8 Å². The number of nitrogens with zero attached hydrogens (tertiary/aromatic N) is 3. The fourth-order valence-corrected chi connectivity index (χ4v) is 3.77. The van der Waals surface area contributed by atoms with Gasteiger partial charge in [0.25, 0.3) is 11.8 Å². The Labute approximate surface area is 158 Å². The van der Waals surface area contributed by atoms with Crippen molar-refractivity contribution in [2.24, 2.45) is 0 Å². The smallest absolute Gasteiger partial charge is 0.327 e. The van der Waals surface area contributed by atoms with E-state index in [-0.39, 0.29) is 18.5 Å². The van der Waals surface area contributed by atoms with E-state index in [1.807, 2.05) is 25.1 Å². The van der Waals surface area contributed by atoms with Gasteiger partial charge in [-0.05, 0) is 31.4 Å². The van der Waals surface area contributed by atoms with Gasteiger partial charge in [-0.1, -0.05) is 18.2 Å². The Kier molecular flexibility index (Phi) is 5.10. The Hall–Kier alpha value is -2.61. The Balaban J connectivity index is 1.58. The van der Waals surface area contributed by atoms with Crippen LogP contribution in [0.2, 0.25) is 0 Å². The topological polar surface area (TPSA) is 90.4 Å². The van der Waals surface area contributed by atoms with Crippen LogP contribution in [0, 0.1) is 6.92 Å². The number of carbonyl (C=O) groups is 3. The molecule has 0 aromatic heterocycles. The van der Waals surface area contributed by atoms with Gasteiger partial charge < -0.3 is 19.6 Å². The fraction of sp³-hybridized carbons (Fsp3) is 0.526.